The van der Waals surface area contributed by atoms with Crippen molar-refractivity contribution in [2.75, 3.05) is 16.8 Å². The Kier molecular flexibility index (Phi) is 3.24. The SMILES string of the molecule is CC1(Nc2nccnc2C(N)=S)CCS(=O)(=O)C1. The normalized spacial score (nSPS) is 25.8. The lowest BCUT2D eigenvalue weighted by atomic mass is 10.0. The van der Waals surface area contributed by atoms with Crippen LogP contribution in [0, 0.1) is 0 Å². The minimum atomic E-state index is -2.98. The lowest BCUT2D eigenvalue weighted by Crippen LogP contribution is -2.37. The molecule has 1 aromatic heterocycles. The molecule has 0 aliphatic carbocycles. The summed E-state index contributed by atoms with van der Waals surface area (Å²) in [5.41, 5.74) is 5.40. The van der Waals surface area contributed by atoms with Crippen molar-refractivity contribution >= 4 is 32.9 Å². The van der Waals surface area contributed by atoms with Gasteiger partial charge in [-0.3, -0.25) is 0 Å². The number of hydrogen-bond acceptors (Lipinski definition) is 6. The second-order valence-electron chi connectivity index (χ2n) is 4.65. The summed E-state index contributed by atoms with van der Waals surface area (Å²) in [5, 5.41) is 3.10. The molecule has 1 unspecified atom stereocenters. The number of nitrogens with two attached hydrogens (primary N) is 1. The third kappa shape index (κ3) is 2.75. The molecule has 1 aromatic rings. The molecule has 18 heavy (non-hydrogen) atoms. The second kappa shape index (κ2) is 4.43. The van der Waals surface area contributed by atoms with Crippen LogP contribution in [0.3, 0.4) is 0 Å². The summed E-state index contributed by atoms with van der Waals surface area (Å²) < 4.78 is 23.1. The Hall–Kier alpha value is -1.28. The van der Waals surface area contributed by atoms with Crippen LogP contribution in [0.25, 0.3) is 0 Å². The number of anilines is 1. The van der Waals surface area contributed by atoms with Crippen LogP contribution >= 0.6 is 12.2 Å². The first-order chi connectivity index (χ1) is 8.31. The minimum Gasteiger partial charge on any atom is -0.388 e. The van der Waals surface area contributed by atoms with E-state index in [0.29, 0.717) is 17.9 Å². The van der Waals surface area contributed by atoms with Gasteiger partial charge in [0.15, 0.2) is 15.7 Å². The smallest absolute Gasteiger partial charge is 0.155 e. The maximum atomic E-state index is 11.5. The minimum absolute atomic E-state index is 0.0767. The van der Waals surface area contributed by atoms with Gasteiger partial charge in [0.25, 0.3) is 0 Å². The van der Waals surface area contributed by atoms with Crippen LogP contribution in [0.5, 0.6) is 0 Å². The molecule has 3 N–H and O–H groups in total. The molecule has 6 nitrogen and oxygen atoms in total. The van der Waals surface area contributed by atoms with Crippen molar-refractivity contribution in [3.63, 3.8) is 0 Å². The summed E-state index contributed by atoms with van der Waals surface area (Å²) in [5.74, 6) is 0.691. The van der Waals surface area contributed by atoms with Crippen LogP contribution in [0.2, 0.25) is 0 Å². The van der Waals surface area contributed by atoms with Crippen molar-refractivity contribution < 1.29 is 8.42 Å². The Morgan fingerprint density at radius 1 is 1.50 bits per heavy atom. The number of hydrogen-bond donors (Lipinski definition) is 2. The maximum absolute atomic E-state index is 11.5. The van der Waals surface area contributed by atoms with Crippen molar-refractivity contribution in [1.29, 1.82) is 0 Å². The number of nitrogens with zero attached hydrogens (tertiary/aromatic N) is 2. The zero-order chi connectivity index (χ0) is 13.4. The van der Waals surface area contributed by atoms with Gasteiger partial charge in [0.05, 0.1) is 17.0 Å². The Balaban J connectivity index is 2.28. The first kappa shape index (κ1) is 13.2. The largest absolute Gasteiger partial charge is 0.388 e. The Labute approximate surface area is 111 Å². The molecular formula is C10H14N4O2S2. The summed E-state index contributed by atoms with van der Waals surface area (Å²) in [7, 11) is -2.98. The molecule has 0 radical (unpaired) electrons. The average molecular weight is 286 g/mol. The van der Waals surface area contributed by atoms with Gasteiger partial charge in [-0.2, -0.15) is 0 Å². The summed E-state index contributed by atoms with van der Waals surface area (Å²) in [4.78, 5) is 8.30. The van der Waals surface area contributed by atoms with E-state index in [2.05, 4.69) is 15.3 Å². The lowest BCUT2D eigenvalue weighted by molar-refractivity contribution is 0.571. The van der Waals surface area contributed by atoms with E-state index in [1.54, 1.807) is 0 Å². The fourth-order valence-electron chi connectivity index (χ4n) is 2.00. The van der Waals surface area contributed by atoms with Crippen LogP contribution in [0.1, 0.15) is 19.0 Å². The Bertz CT molecular complexity index is 587. The van der Waals surface area contributed by atoms with E-state index >= 15 is 0 Å². The van der Waals surface area contributed by atoms with Gasteiger partial charge in [-0.1, -0.05) is 12.2 Å². The molecule has 0 saturated carbocycles. The molecule has 2 rings (SSSR count). The molecule has 1 atom stereocenters. The number of nitrogens with one attached hydrogen (secondary N) is 1. The standard InChI is InChI=1S/C10H14N4O2S2/c1-10(2-5-18(15,16)6-10)14-9-7(8(11)17)12-3-4-13-9/h3-4H,2,5-6H2,1H3,(H2,11,17)(H,13,14). The molecule has 8 heteroatoms. The van der Waals surface area contributed by atoms with Gasteiger partial charge in [0.2, 0.25) is 0 Å². The van der Waals surface area contributed by atoms with Gasteiger partial charge in [-0.25, -0.2) is 18.4 Å². The Morgan fingerprint density at radius 3 is 2.72 bits per heavy atom. The monoisotopic (exact) mass is 286 g/mol. The number of thiocarbonyl (C=S) groups is 1. The van der Waals surface area contributed by atoms with Crippen LogP contribution in [0.15, 0.2) is 12.4 Å². The Morgan fingerprint density at radius 2 is 2.17 bits per heavy atom. The lowest BCUT2D eigenvalue weighted by Gasteiger charge is -2.25. The van der Waals surface area contributed by atoms with E-state index in [1.165, 1.54) is 12.4 Å². The first-order valence-corrected chi connectivity index (χ1v) is 7.64. The molecule has 2 heterocycles. The first-order valence-electron chi connectivity index (χ1n) is 5.41. The van der Waals surface area contributed by atoms with Gasteiger partial charge in [-0.05, 0) is 13.3 Å². The van der Waals surface area contributed by atoms with Crippen LogP contribution in [0.4, 0.5) is 5.82 Å². The van der Waals surface area contributed by atoms with Gasteiger partial charge < -0.3 is 11.1 Å². The average Bonchev–Trinajstić information content (AvgIpc) is 2.53. The van der Waals surface area contributed by atoms with E-state index in [0.717, 1.165) is 0 Å². The van der Waals surface area contributed by atoms with E-state index in [9.17, 15) is 8.42 Å². The van der Waals surface area contributed by atoms with Crippen molar-refractivity contribution in [3.05, 3.63) is 18.1 Å². The molecule has 1 aliphatic heterocycles. The summed E-state index contributed by atoms with van der Waals surface area (Å²) in [6.07, 6.45) is 3.53. The predicted molar refractivity (Wildman–Crippen MR) is 73.2 cm³/mol. The quantitative estimate of drug-likeness (QED) is 0.760. The number of sulfone groups is 1. The second-order valence-corrected chi connectivity index (χ2v) is 7.27. The molecule has 0 spiro atoms. The molecule has 0 aromatic carbocycles. The summed E-state index contributed by atoms with van der Waals surface area (Å²) in [6.45, 7) is 1.84. The third-order valence-corrected chi connectivity index (χ3v) is 4.95. The fraction of sp³-hybridized carbons (Fsp3) is 0.500. The van der Waals surface area contributed by atoms with Gasteiger partial charge in [0, 0.05) is 12.4 Å². The van der Waals surface area contributed by atoms with Gasteiger partial charge >= 0.3 is 0 Å². The van der Waals surface area contributed by atoms with Crippen molar-refractivity contribution in [2.45, 2.75) is 18.9 Å². The molecule has 1 fully saturated rings. The predicted octanol–water partition coefficient (Wildman–Crippen LogP) is 0.0999. The zero-order valence-corrected chi connectivity index (χ0v) is 11.5. The van der Waals surface area contributed by atoms with E-state index in [1.807, 2.05) is 6.92 Å². The molecular weight excluding hydrogens is 272 g/mol. The molecule has 0 bridgehead atoms. The van der Waals surface area contributed by atoms with Crippen LogP contribution in [-0.2, 0) is 9.84 Å². The van der Waals surface area contributed by atoms with Gasteiger partial charge in [0.1, 0.15) is 10.7 Å². The molecule has 0 amide bonds. The summed E-state index contributed by atoms with van der Waals surface area (Å²) in [6, 6.07) is 0. The molecule has 1 aliphatic rings. The van der Waals surface area contributed by atoms with E-state index in [-0.39, 0.29) is 16.5 Å². The summed E-state index contributed by atoms with van der Waals surface area (Å²) >= 11 is 4.89. The zero-order valence-electron chi connectivity index (χ0n) is 9.88. The maximum Gasteiger partial charge on any atom is 0.155 e. The van der Waals surface area contributed by atoms with Gasteiger partial charge in [-0.15, -0.1) is 0 Å². The van der Waals surface area contributed by atoms with Crippen LogP contribution in [-0.4, -0.2) is 40.4 Å². The van der Waals surface area contributed by atoms with E-state index in [4.69, 9.17) is 18.0 Å². The number of rotatable bonds is 3. The highest BCUT2D eigenvalue weighted by Gasteiger charge is 2.39. The van der Waals surface area contributed by atoms with E-state index < -0.39 is 15.4 Å². The topological polar surface area (TPSA) is 98.0 Å². The molecule has 1 saturated heterocycles. The van der Waals surface area contributed by atoms with Crippen molar-refractivity contribution in [2.24, 2.45) is 5.73 Å². The number of aromatic nitrogens is 2. The molecule has 98 valence electrons. The highest BCUT2D eigenvalue weighted by Crippen LogP contribution is 2.27. The van der Waals surface area contributed by atoms with Crippen LogP contribution < -0.4 is 11.1 Å². The highest BCUT2D eigenvalue weighted by atomic mass is 32.2. The fourth-order valence-corrected chi connectivity index (χ4v) is 4.25. The van der Waals surface area contributed by atoms with Crippen molar-refractivity contribution in [3.8, 4) is 0 Å². The van der Waals surface area contributed by atoms with Crippen molar-refractivity contribution in [1.82, 2.24) is 9.97 Å². The highest BCUT2D eigenvalue weighted by molar-refractivity contribution is 7.91. The third-order valence-electron chi connectivity index (χ3n) is 2.86.